The third-order valence-electron chi connectivity index (χ3n) is 3.76. The number of alkyl halides is 3. The Morgan fingerprint density at radius 2 is 2.04 bits per heavy atom. The van der Waals surface area contributed by atoms with Gasteiger partial charge < -0.3 is 14.8 Å². The largest absolute Gasteiger partial charge is 0.416 e. The molecule has 1 aromatic carbocycles. The first kappa shape index (κ1) is 18.7. The summed E-state index contributed by atoms with van der Waals surface area (Å²) >= 11 is 0. The van der Waals surface area contributed by atoms with Gasteiger partial charge in [0.05, 0.1) is 24.7 Å². The second kappa shape index (κ2) is 9.03. The molecule has 24 heavy (non-hydrogen) atoms. The van der Waals surface area contributed by atoms with Crippen molar-refractivity contribution in [3.8, 4) is 0 Å². The van der Waals surface area contributed by atoms with Gasteiger partial charge >= 0.3 is 6.18 Å². The smallest absolute Gasteiger partial charge is 0.379 e. The van der Waals surface area contributed by atoms with Gasteiger partial charge in [-0.3, -0.25) is 4.79 Å². The standard InChI is InChI=1S/C17H22F3NO3/c18-17(19,20)14-6-4-13(5-7-14)11-16(22)21-8-2-9-23-12-15-3-1-10-24-15/h4-7,15H,1-3,8-12H2,(H,21,22). The number of ether oxygens (including phenoxy) is 2. The van der Waals surface area contributed by atoms with Crippen LogP contribution in [0.5, 0.6) is 0 Å². The Morgan fingerprint density at radius 3 is 2.67 bits per heavy atom. The van der Waals surface area contributed by atoms with Crippen molar-refractivity contribution in [2.24, 2.45) is 0 Å². The molecule has 0 radical (unpaired) electrons. The van der Waals surface area contributed by atoms with E-state index in [2.05, 4.69) is 5.32 Å². The van der Waals surface area contributed by atoms with E-state index in [4.69, 9.17) is 9.47 Å². The highest BCUT2D eigenvalue weighted by Crippen LogP contribution is 2.29. The van der Waals surface area contributed by atoms with Crippen LogP contribution in [0.25, 0.3) is 0 Å². The van der Waals surface area contributed by atoms with Crippen LogP contribution in [0.1, 0.15) is 30.4 Å². The van der Waals surface area contributed by atoms with Crippen molar-refractivity contribution in [2.45, 2.75) is 38.0 Å². The minimum absolute atomic E-state index is 0.0644. The Balaban J connectivity index is 1.57. The molecule has 1 aliphatic heterocycles. The summed E-state index contributed by atoms with van der Waals surface area (Å²) in [5.41, 5.74) is -0.162. The molecule has 1 heterocycles. The first-order chi connectivity index (χ1) is 11.4. The summed E-state index contributed by atoms with van der Waals surface area (Å²) in [6.45, 7) is 2.40. The van der Waals surface area contributed by atoms with Gasteiger partial charge in [0.25, 0.3) is 0 Å². The maximum atomic E-state index is 12.5. The highest BCUT2D eigenvalue weighted by atomic mass is 19.4. The van der Waals surface area contributed by atoms with E-state index < -0.39 is 11.7 Å². The molecular weight excluding hydrogens is 323 g/mol. The lowest BCUT2D eigenvalue weighted by Crippen LogP contribution is -2.27. The SMILES string of the molecule is O=C(Cc1ccc(C(F)(F)F)cc1)NCCCOCC1CCCO1. The molecule has 1 saturated heterocycles. The molecule has 1 atom stereocenters. The number of nitrogens with one attached hydrogen (secondary N) is 1. The van der Waals surface area contributed by atoms with Gasteiger partial charge in [-0.05, 0) is 37.0 Å². The molecule has 1 unspecified atom stereocenters. The topological polar surface area (TPSA) is 47.6 Å². The Labute approximate surface area is 139 Å². The minimum atomic E-state index is -4.36. The Hall–Kier alpha value is -1.60. The van der Waals surface area contributed by atoms with E-state index in [1.807, 2.05) is 0 Å². The van der Waals surface area contributed by atoms with Gasteiger partial charge in [0.2, 0.25) is 5.91 Å². The summed E-state index contributed by atoms with van der Waals surface area (Å²) in [6.07, 6.45) is -1.30. The fourth-order valence-corrected chi connectivity index (χ4v) is 2.45. The van der Waals surface area contributed by atoms with E-state index in [0.717, 1.165) is 31.6 Å². The predicted molar refractivity (Wildman–Crippen MR) is 82.6 cm³/mol. The predicted octanol–water partition coefficient (Wildman–Crippen LogP) is 2.95. The summed E-state index contributed by atoms with van der Waals surface area (Å²) < 4.78 is 48.3. The van der Waals surface area contributed by atoms with E-state index in [0.29, 0.717) is 31.7 Å². The zero-order valence-corrected chi connectivity index (χ0v) is 13.4. The number of halogens is 3. The number of hydrogen-bond donors (Lipinski definition) is 1. The fraction of sp³-hybridized carbons (Fsp3) is 0.588. The minimum Gasteiger partial charge on any atom is -0.379 e. The first-order valence-corrected chi connectivity index (χ1v) is 8.07. The van der Waals surface area contributed by atoms with Gasteiger partial charge in [-0.2, -0.15) is 13.2 Å². The fourth-order valence-electron chi connectivity index (χ4n) is 2.45. The van der Waals surface area contributed by atoms with E-state index >= 15 is 0 Å². The maximum Gasteiger partial charge on any atom is 0.416 e. The summed E-state index contributed by atoms with van der Waals surface area (Å²) in [5.74, 6) is -0.214. The Bertz CT molecular complexity index is 511. The summed E-state index contributed by atoms with van der Waals surface area (Å²) in [5, 5.41) is 2.73. The molecule has 1 aromatic rings. The third-order valence-corrected chi connectivity index (χ3v) is 3.76. The van der Waals surface area contributed by atoms with Crippen molar-refractivity contribution in [1.29, 1.82) is 0 Å². The van der Waals surface area contributed by atoms with Crippen LogP contribution in [-0.4, -0.2) is 38.4 Å². The summed E-state index contributed by atoms with van der Waals surface area (Å²) in [6, 6.07) is 4.63. The second-order valence-corrected chi connectivity index (χ2v) is 5.78. The van der Waals surface area contributed by atoms with Gasteiger partial charge in [-0.25, -0.2) is 0 Å². The van der Waals surface area contributed by atoms with E-state index in [1.165, 1.54) is 12.1 Å². The molecule has 0 saturated carbocycles. The van der Waals surface area contributed by atoms with Crippen LogP contribution in [0, 0.1) is 0 Å². The van der Waals surface area contributed by atoms with Crippen molar-refractivity contribution >= 4 is 5.91 Å². The van der Waals surface area contributed by atoms with Crippen molar-refractivity contribution in [1.82, 2.24) is 5.32 Å². The van der Waals surface area contributed by atoms with Gasteiger partial charge in [-0.1, -0.05) is 12.1 Å². The normalized spacial score (nSPS) is 17.9. The molecule has 2 rings (SSSR count). The Kier molecular flexibility index (Phi) is 7.05. The maximum absolute atomic E-state index is 12.5. The molecule has 7 heteroatoms. The van der Waals surface area contributed by atoms with Crippen LogP contribution in [0.4, 0.5) is 13.2 Å². The van der Waals surface area contributed by atoms with E-state index in [-0.39, 0.29) is 18.4 Å². The molecule has 1 N–H and O–H groups in total. The molecule has 1 aliphatic rings. The highest BCUT2D eigenvalue weighted by Gasteiger charge is 2.29. The van der Waals surface area contributed by atoms with Crippen molar-refractivity contribution in [2.75, 3.05) is 26.4 Å². The summed E-state index contributed by atoms with van der Waals surface area (Å²) in [4.78, 5) is 11.7. The molecule has 0 spiro atoms. The number of carbonyl (C=O) groups excluding carboxylic acids is 1. The molecule has 0 aliphatic carbocycles. The number of benzene rings is 1. The van der Waals surface area contributed by atoms with Crippen LogP contribution in [-0.2, 0) is 26.9 Å². The monoisotopic (exact) mass is 345 g/mol. The average molecular weight is 345 g/mol. The molecule has 4 nitrogen and oxygen atoms in total. The third kappa shape index (κ3) is 6.49. The second-order valence-electron chi connectivity index (χ2n) is 5.78. The van der Waals surface area contributed by atoms with Gasteiger partial charge in [0.15, 0.2) is 0 Å². The lowest BCUT2D eigenvalue weighted by Gasteiger charge is -2.10. The van der Waals surface area contributed by atoms with Crippen molar-refractivity contribution in [3.63, 3.8) is 0 Å². The van der Waals surface area contributed by atoms with Gasteiger partial charge in [0.1, 0.15) is 0 Å². The zero-order chi connectivity index (χ0) is 17.4. The van der Waals surface area contributed by atoms with Crippen LogP contribution >= 0.6 is 0 Å². The number of amides is 1. The summed E-state index contributed by atoms with van der Waals surface area (Å²) in [7, 11) is 0. The quantitative estimate of drug-likeness (QED) is 0.737. The number of rotatable bonds is 8. The van der Waals surface area contributed by atoms with Gasteiger partial charge in [0, 0.05) is 19.8 Å². The molecule has 1 fully saturated rings. The number of hydrogen-bond acceptors (Lipinski definition) is 3. The van der Waals surface area contributed by atoms with Crippen LogP contribution in [0.15, 0.2) is 24.3 Å². The zero-order valence-electron chi connectivity index (χ0n) is 13.4. The molecular formula is C17H22F3NO3. The van der Waals surface area contributed by atoms with Crippen LogP contribution in [0.2, 0.25) is 0 Å². The van der Waals surface area contributed by atoms with Crippen molar-refractivity contribution < 1.29 is 27.4 Å². The van der Waals surface area contributed by atoms with Crippen LogP contribution < -0.4 is 5.32 Å². The molecule has 0 aromatic heterocycles. The molecule has 134 valence electrons. The van der Waals surface area contributed by atoms with Crippen LogP contribution in [0.3, 0.4) is 0 Å². The lowest BCUT2D eigenvalue weighted by molar-refractivity contribution is -0.137. The molecule has 1 amide bonds. The number of carbonyl (C=O) groups is 1. The van der Waals surface area contributed by atoms with Gasteiger partial charge in [-0.15, -0.1) is 0 Å². The first-order valence-electron chi connectivity index (χ1n) is 8.07. The molecule has 0 bridgehead atoms. The average Bonchev–Trinajstić information content (AvgIpc) is 3.03. The highest BCUT2D eigenvalue weighted by molar-refractivity contribution is 5.78. The lowest BCUT2D eigenvalue weighted by atomic mass is 10.1. The Morgan fingerprint density at radius 1 is 1.29 bits per heavy atom. The van der Waals surface area contributed by atoms with Crippen molar-refractivity contribution in [3.05, 3.63) is 35.4 Å². The van der Waals surface area contributed by atoms with E-state index in [1.54, 1.807) is 0 Å². The van der Waals surface area contributed by atoms with E-state index in [9.17, 15) is 18.0 Å².